The van der Waals surface area contributed by atoms with E-state index in [1.54, 1.807) is 25.1 Å². The van der Waals surface area contributed by atoms with Crippen molar-refractivity contribution in [3.63, 3.8) is 0 Å². The van der Waals surface area contributed by atoms with Crippen molar-refractivity contribution < 1.29 is 23.1 Å². The molecule has 0 saturated heterocycles. The van der Waals surface area contributed by atoms with Gasteiger partial charge in [-0.15, -0.1) is 0 Å². The van der Waals surface area contributed by atoms with E-state index >= 15 is 0 Å². The van der Waals surface area contributed by atoms with Crippen LogP contribution in [0.3, 0.4) is 0 Å². The van der Waals surface area contributed by atoms with Gasteiger partial charge in [0.2, 0.25) is 5.82 Å². The summed E-state index contributed by atoms with van der Waals surface area (Å²) in [7, 11) is 0. The number of alkyl halides is 3. The van der Waals surface area contributed by atoms with Crippen LogP contribution in [0.2, 0.25) is 0 Å². The van der Waals surface area contributed by atoms with Crippen LogP contribution < -0.4 is 5.32 Å². The fourth-order valence-corrected chi connectivity index (χ4v) is 2.02. The van der Waals surface area contributed by atoms with Gasteiger partial charge in [-0.05, 0) is 18.6 Å². The molecule has 0 amide bonds. The predicted octanol–water partition coefficient (Wildman–Crippen LogP) is 3.31. The molecule has 0 aliphatic heterocycles. The van der Waals surface area contributed by atoms with Crippen LogP contribution >= 0.6 is 0 Å². The number of aromatic nitrogens is 2. The number of hydrogen-bond donors (Lipinski definition) is 2. The van der Waals surface area contributed by atoms with Gasteiger partial charge in [0.05, 0.1) is 5.52 Å². The maximum atomic E-state index is 12.9. The predicted molar refractivity (Wildman–Crippen MR) is 74.5 cm³/mol. The van der Waals surface area contributed by atoms with Crippen molar-refractivity contribution in [3.05, 3.63) is 30.1 Å². The van der Waals surface area contributed by atoms with Crippen LogP contribution in [0, 0.1) is 0 Å². The van der Waals surface area contributed by atoms with Crippen molar-refractivity contribution in [2.75, 3.05) is 5.32 Å². The Morgan fingerprint density at radius 3 is 2.59 bits per heavy atom. The Hall–Kier alpha value is -2.38. The fourth-order valence-electron chi connectivity index (χ4n) is 2.02. The molecule has 1 aromatic carbocycles. The number of rotatable bonds is 5. The second-order valence-corrected chi connectivity index (χ2v) is 4.73. The van der Waals surface area contributed by atoms with Gasteiger partial charge in [-0.3, -0.25) is 0 Å². The number of aliphatic carboxylic acids is 1. The minimum atomic E-state index is -4.70. The first kappa shape index (κ1) is 16.0. The highest BCUT2D eigenvalue weighted by atomic mass is 19.4. The van der Waals surface area contributed by atoms with Crippen LogP contribution in [0.5, 0.6) is 0 Å². The van der Waals surface area contributed by atoms with Crippen LogP contribution in [-0.2, 0) is 11.0 Å². The third-order valence-corrected chi connectivity index (χ3v) is 3.04. The van der Waals surface area contributed by atoms with E-state index in [4.69, 9.17) is 5.11 Å². The second kappa shape index (κ2) is 6.17. The van der Waals surface area contributed by atoms with E-state index in [9.17, 15) is 18.0 Å². The molecule has 22 heavy (non-hydrogen) atoms. The van der Waals surface area contributed by atoms with Gasteiger partial charge in [0, 0.05) is 5.39 Å². The molecular formula is C14H14F3N3O2. The molecule has 2 N–H and O–H groups in total. The lowest BCUT2D eigenvalue weighted by Gasteiger charge is -2.17. The number of carboxylic acids is 1. The summed E-state index contributed by atoms with van der Waals surface area (Å²) in [5.41, 5.74) is 0.105. The zero-order valence-corrected chi connectivity index (χ0v) is 11.7. The molecule has 2 rings (SSSR count). The number of fused-ring (bicyclic) bond motifs is 1. The highest BCUT2D eigenvalue weighted by molar-refractivity contribution is 5.90. The molecule has 0 saturated carbocycles. The zero-order valence-electron chi connectivity index (χ0n) is 11.7. The monoisotopic (exact) mass is 313 g/mol. The summed E-state index contributed by atoms with van der Waals surface area (Å²) in [4.78, 5) is 18.1. The van der Waals surface area contributed by atoms with Crippen LogP contribution in [0.25, 0.3) is 10.9 Å². The first-order valence-corrected chi connectivity index (χ1v) is 6.66. The van der Waals surface area contributed by atoms with Crippen LogP contribution in [-0.4, -0.2) is 27.1 Å². The number of anilines is 1. The van der Waals surface area contributed by atoms with Gasteiger partial charge in [0.25, 0.3) is 0 Å². The molecule has 5 nitrogen and oxygen atoms in total. The van der Waals surface area contributed by atoms with E-state index < -0.39 is 24.0 Å². The number of carbonyl (C=O) groups is 1. The number of para-hydroxylation sites is 1. The molecule has 8 heteroatoms. The molecule has 0 bridgehead atoms. The van der Waals surface area contributed by atoms with E-state index in [0.717, 1.165) is 0 Å². The molecule has 2 aromatic rings. The number of hydrogen-bond acceptors (Lipinski definition) is 4. The van der Waals surface area contributed by atoms with E-state index in [0.29, 0.717) is 11.8 Å². The summed E-state index contributed by atoms with van der Waals surface area (Å²) in [6.45, 7) is 1.79. The highest BCUT2D eigenvalue weighted by Crippen LogP contribution is 2.30. The number of nitrogens with zero attached hydrogens (tertiary/aromatic N) is 2. The van der Waals surface area contributed by atoms with Crippen LogP contribution in [0.15, 0.2) is 24.3 Å². The second-order valence-electron chi connectivity index (χ2n) is 4.73. The normalized spacial score (nSPS) is 13.1. The van der Waals surface area contributed by atoms with Crippen molar-refractivity contribution >= 4 is 22.7 Å². The smallest absolute Gasteiger partial charge is 0.451 e. The molecule has 1 atom stereocenters. The minimum absolute atomic E-state index is 0.105. The molecule has 1 aromatic heterocycles. The van der Waals surface area contributed by atoms with Gasteiger partial charge >= 0.3 is 12.1 Å². The molecule has 0 fully saturated rings. The van der Waals surface area contributed by atoms with E-state index in [1.807, 2.05) is 0 Å². The molecule has 0 radical (unpaired) electrons. The van der Waals surface area contributed by atoms with E-state index in [1.165, 1.54) is 6.07 Å². The summed E-state index contributed by atoms with van der Waals surface area (Å²) in [5, 5.41) is 12.1. The minimum Gasteiger partial charge on any atom is -0.480 e. The standard InChI is InChI=1S/C14H14F3N3O2/c1-2-5-10(12(21)22)18-11-8-6-3-4-7-9(8)19-13(20-11)14(15,16)17/h3-4,6-7,10H,2,5H2,1H3,(H,21,22)(H,18,19,20). The Balaban J connectivity index is 2.53. The lowest BCUT2D eigenvalue weighted by atomic mass is 10.1. The molecule has 1 heterocycles. The molecule has 118 valence electrons. The topological polar surface area (TPSA) is 75.1 Å². The Kier molecular flexibility index (Phi) is 4.48. The Labute approximate surface area is 124 Å². The average molecular weight is 313 g/mol. The number of benzene rings is 1. The molecule has 1 unspecified atom stereocenters. The number of carboxylic acid groups (broad SMARTS) is 1. The quantitative estimate of drug-likeness (QED) is 0.885. The average Bonchev–Trinajstić information content (AvgIpc) is 2.45. The zero-order chi connectivity index (χ0) is 16.3. The van der Waals surface area contributed by atoms with E-state index in [2.05, 4.69) is 15.3 Å². The summed E-state index contributed by atoms with van der Waals surface area (Å²) >= 11 is 0. The number of halogens is 3. The summed E-state index contributed by atoms with van der Waals surface area (Å²) in [6.07, 6.45) is -3.86. The Morgan fingerprint density at radius 2 is 2.00 bits per heavy atom. The first-order valence-electron chi connectivity index (χ1n) is 6.66. The maximum absolute atomic E-state index is 12.9. The van der Waals surface area contributed by atoms with Crippen LogP contribution in [0.1, 0.15) is 25.6 Å². The van der Waals surface area contributed by atoms with Gasteiger partial charge in [-0.1, -0.05) is 25.5 Å². The van der Waals surface area contributed by atoms with Crippen LogP contribution in [0.4, 0.5) is 19.0 Å². The van der Waals surface area contributed by atoms with Gasteiger partial charge in [-0.25, -0.2) is 14.8 Å². The molecule has 0 aliphatic rings. The van der Waals surface area contributed by atoms with Gasteiger partial charge in [-0.2, -0.15) is 13.2 Å². The van der Waals surface area contributed by atoms with Crippen molar-refractivity contribution in [1.82, 2.24) is 9.97 Å². The van der Waals surface area contributed by atoms with Crippen molar-refractivity contribution in [1.29, 1.82) is 0 Å². The third-order valence-electron chi connectivity index (χ3n) is 3.04. The van der Waals surface area contributed by atoms with Gasteiger partial charge < -0.3 is 10.4 Å². The lowest BCUT2D eigenvalue weighted by Crippen LogP contribution is -2.30. The Morgan fingerprint density at radius 1 is 1.32 bits per heavy atom. The molecule has 0 spiro atoms. The van der Waals surface area contributed by atoms with Crippen molar-refractivity contribution in [2.45, 2.75) is 32.0 Å². The van der Waals surface area contributed by atoms with E-state index in [-0.39, 0.29) is 17.8 Å². The fraction of sp³-hybridized carbons (Fsp3) is 0.357. The summed E-state index contributed by atoms with van der Waals surface area (Å²) in [5.74, 6) is -2.56. The summed E-state index contributed by atoms with van der Waals surface area (Å²) in [6, 6.07) is 5.14. The largest absolute Gasteiger partial charge is 0.480 e. The third kappa shape index (κ3) is 3.44. The van der Waals surface area contributed by atoms with Gasteiger partial charge in [0.15, 0.2) is 0 Å². The van der Waals surface area contributed by atoms with Crippen molar-refractivity contribution in [3.8, 4) is 0 Å². The SMILES string of the molecule is CCCC(Nc1nc(C(F)(F)F)nc2ccccc12)C(=O)O. The highest BCUT2D eigenvalue weighted by Gasteiger charge is 2.35. The molecular weight excluding hydrogens is 299 g/mol. The van der Waals surface area contributed by atoms with Gasteiger partial charge in [0.1, 0.15) is 11.9 Å². The Bertz CT molecular complexity index is 689. The van der Waals surface area contributed by atoms with Crippen molar-refractivity contribution in [2.24, 2.45) is 0 Å². The first-order chi connectivity index (χ1) is 10.3. The maximum Gasteiger partial charge on any atom is 0.451 e. The summed E-state index contributed by atoms with van der Waals surface area (Å²) < 4.78 is 38.6. The molecule has 0 aliphatic carbocycles. The lowest BCUT2D eigenvalue weighted by molar-refractivity contribution is -0.144. The number of nitrogens with one attached hydrogen (secondary N) is 1.